The molecule has 0 unspecified atom stereocenters. The van der Waals surface area contributed by atoms with Crippen LogP contribution in [0.4, 0.5) is 0 Å². The minimum atomic E-state index is -0.875. The summed E-state index contributed by atoms with van der Waals surface area (Å²) in [5.74, 6) is 1.54. The molecule has 36 heavy (non-hydrogen) atoms. The van der Waals surface area contributed by atoms with Gasteiger partial charge >= 0.3 is 0 Å². The van der Waals surface area contributed by atoms with Gasteiger partial charge in [-0.1, -0.05) is 55.3 Å². The van der Waals surface area contributed by atoms with E-state index in [9.17, 15) is 14.4 Å². The lowest BCUT2D eigenvalue weighted by atomic mass is 9.93. The zero-order valence-corrected chi connectivity index (χ0v) is 23.7. The first kappa shape index (κ1) is 32.2. The first-order chi connectivity index (χ1) is 17.1. The van der Waals surface area contributed by atoms with Gasteiger partial charge in [-0.25, -0.2) is 0 Å². The second-order valence-corrected chi connectivity index (χ2v) is 11.8. The molecule has 3 amide bonds. The van der Waals surface area contributed by atoms with Gasteiger partial charge in [0, 0.05) is 56.3 Å². The van der Waals surface area contributed by atoms with Crippen LogP contribution < -0.4 is 32.7 Å². The van der Waals surface area contributed by atoms with Gasteiger partial charge in [0.25, 0.3) is 5.91 Å². The molecule has 0 aliphatic heterocycles. The van der Waals surface area contributed by atoms with E-state index in [-0.39, 0.29) is 24.1 Å². The molecule has 8 N–H and O–H groups in total. The van der Waals surface area contributed by atoms with Crippen molar-refractivity contribution in [2.75, 3.05) is 50.8 Å². The molecule has 0 aromatic heterocycles. The van der Waals surface area contributed by atoms with E-state index in [4.69, 9.17) is 11.5 Å². The molecule has 1 rings (SSSR count). The van der Waals surface area contributed by atoms with E-state index < -0.39 is 6.04 Å². The summed E-state index contributed by atoms with van der Waals surface area (Å²) in [6, 6.07) is 5.26. The third-order valence-electron chi connectivity index (χ3n) is 5.30. The number of rotatable bonds is 18. The van der Waals surface area contributed by atoms with Crippen LogP contribution >= 0.6 is 21.6 Å². The summed E-state index contributed by atoms with van der Waals surface area (Å²) in [6.45, 7) is 11.9. The van der Waals surface area contributed by atoms with Crippen LogP contribution in [0.3, 0.4) is 0 Å². The van der Waals surface area contributed by atoms with E-state index in [1.807, 2.05) is 12.1 Å². The Morgan fingerprint density at radius 3 is 1.94 bits per heavy atom. The monoisotopic (exact) mass is 540 g/mol. The summed E-state index contributed by atoms with van der Waals surface area (Å²) >= 11 is 0. The lowest BCUT2D eigenvalue weighted by Crippen LogP contribution is -2.45. The quantitative estimate of drug-likeness (QED) is 0.121. The Labute approximate surface area is 223 Å². The van der Waals surface area contributed by atoms with Gasteiger partial charge in [0.15, 0.2) is 0 Å². The van der Waals surface area contributed by atoms with E-state index in [0.29, 0.717) is 62.4 Å². The van der Waals surface area contributed by atoms with E-state index in [1.165, 1.54) is 11.1 Å². The number of hydrogen-bond acceptors (Lipinski definition) is 8. The van der Waals surface area contributed by atoms with Crippen LogP contribution in [0, 0.1) is 0 Å². The van der Waals surface area contributed by atoms with Gasteiger partial charge in [-0.2, -0.15) is 0 Å². The molecule has 0 aliphatic carbocycles. The zero-order chi connectivity index (χ0) is 26.9. The Bertz CT molecular complexity index is 797. The molecular formula is C25H44N6O3S2. The van der Waals surface area contributed by atoms with Gasteiger partial charge < -0.3 is 32.7 Å². The predicted molar refractivity (Wildman–Crippen MR) is 152 cm³/mol. The second-order valence-electron chi connectivity index (χ2n) is 9.09. The summed E-state index contributed by atoms with van der Waals surface area (Å²) < 4.78 is 0. The van der Waals surface area contributed by atoms with Crippen LogP contribution in [0.15, 0.2) is 18.2 Å². The highest BCUT2D eigenvalue weighted by molar-refractivity contribution is 8.76. The summed E-state index contributed by atoms with van der Waals surface area (Å²) in [7, 11) is 3.25. The molecule has 0 aliphatic rings. The average molecular weight is 541 g/mol. The molecular weight excluding hydrogens is 496 g/mol. The molecule has 0 radical (unpaired) electrons. The van der Waals surface area contributed by atoms with Crippen LogP contribution in [-0.4, -0.2) is 74.5 Å². The third-order valence-corrected chi connectivity index (χ3v) is 7.71. The van der Waals surface area contributed by atoms with E-state index in [1.54, 1.807) is 21.6 Å². The summed E-state index contributed by atoms with van der Waals surface area (Å²) in [5, 5.41) is 11.5. The summed E-state index contributed by atoms with van der Waals surface area (Å²) in [6.07, 6.45) is -0.0525. The lowest BCUT2D eigenvalue weighted by Gasteiger charge is -2.14. The Balaban J connectivity index is 2.19. The Hall–Kier alpha value is -1.79. The first-order valence-electron chi connectivity index (χ1n) is 12.5. The van der Waals surface area contributed by atoms with E-state index in [0.717, 1.165) is 5.75 Å². The summed E-state index contributed by atoms with van der Waals surface area (Å²) in [4.78, 5) is 36.5. The molecule has 1 aromatic carbocycles. The molecule has 0 saturated heterocycles. The fourth-order valence-corrected chi connectivity index (χ4v) is 4.94. The summed E-state index contributed by atoms with van der Waals surface area (Å²) in [5.41, 5.74) is 14.3. The molecule has 11 heteroatoms. The van der Waals surface area contributed by atoms with Gasteiger partial charge in [0.1, 0.15) is 0 Å². The highest BCUT2D eigenvalue weighted by Crippen LogP contribution is 2.23. The maximum atomic E-state index is 12.6. The zero-order valence-electron chi connectivity index (χ0n) is 22.0. The minimum Gasteiger partial charge on any atom is -0.355 e. The van der Waals surface area contributed by atoms with Crippen molar-refractivity contribution in [3.63, 3.8) is 0 Å². The fraction of sp³-hybridized carbons (Fsp3) is 0.640. The van der Waals surface area contributed by atoms with Crippen molar-refractivity contribution in [2.45, 2.75) is 52.0 Å². The van der Waals surface area contributed by atoms with Gasteiger partial charge in [0.2, 0.25) is 11.8 Å². The molecule has 204 valence electrons. The highest BCUT2D eigenvalue weighted by atomic mass is 33.1. The van der Waals surface area contributed by atoms with Crippen molar-refractivity contribution in [3.05, 3.63) is 34.9 Å². The molecule has 0 spiro atoms. The van der Waals surface area contributed by atoms with Gasteiger partial charge in [-0.05, 0) is 35.1 Å². The Morgan fingerprint density at radius 1 is 0.806 bits per heavy atom. The maximum Gasteiger partial charge on any atom is 0.251 e. The number of benzene rings is 1. The minimum absolute atomic E-state index is 0.0525. The molecule has 0 heterocycles. The number of carbonyl (C=O) groups is 3. The van der Waals surface area contributed by atoms with Crippen LogP contribution in [0.5, 0.6) is 0 Å². The molecule has 1 aromatic rings. The van der Waals surface area contributed by atoms with Crippen molar-refractivity contribution in [2.24, 2.45) is 11.5 Å². The molecule has 0 saturated carbocycles. The first-order valence-corrected chi connectivity index (χ1v) is 15.0. The fourth-order valence-electron chi connectivity index (χ4n) is 3.13. The smallest absolute Gasteiger partial charge is 0.251 e. The number of hydrogen-bond donors (Lipinski definition) is 6. The van der Waals surface area contributed by atoms with Crippen molar-refractivity contribution < 1.29 is 14.4 Å². The third kappa shape index (κ3) is 13.5. The highest BCUT2D eigenvalue weighted by Gasteiger charge is 2.17. The molecule has 1 atom stereocenters. The second kappa shape index (κ2) is 18.5. The Morgan fingerprint density at radius 2 is 1.39 bits per heavy atom. The van der Waals surface area contributed by atoms with E-state index >= 15 is 0 Å². The molecule has 9 nitrogen and oxygen atoms in total. The largest absolute Gasteiger partial charge is 0.355 e. The van der Waals surface area contributed by atoms with Crippen LogP contribution in [0.25, 0.3) is 0 Å². The normalized spacial score (nSPS) is 12.0. The van der Waals surface area contributed by atoms with Crippen LogP contribution in [0.2, 0.25) is 0 Å². The van der Waals surface area contributed by atoms with Gasteiger partial charge in [0.05, 0.1) is 12.5 Å². The van der Waals surface area contributed by atoms with Gasteiger partial charge in [-0.3, -0.25) is 14.4 Å². The maximum absolute atomic E-state index is 12.6. The van der Waals surface area contributed by atoms with Crippen LogP contribution in [-0.2, 0) is 9.59 Å². The average Bonchev–Trinajstić information content (AvgIpc) is 2.84. The van der Waals surface area contributed by atoms with Crippen molar-refractivity contribution in [1.82, 2.24) is 21.3 Å². The van der Waals surface area contributed by atoms with Crippen LogP contribution in [0.1, 0.15) is 67.4 Å². The SMILES string of the molecule is CC(C)c1cc(C(=O)NCCSSCCNC(=O)[C@@H](N)CC(=O)NCCNCCN)cc(C(C)C)c1. The van der Waals surface area contributed by atoms with Crippen molar-refractivity contribution in [3.8, 4) is 0 Å². The lowest BCUT2D eigenvalue weighted by molar-refractivity contribution is -0.127. The number of nitrogens with two attached hydrogens (primary N) is 2. The number of amides is 3. The van der Waals surface area contributed by atoms with Crippen molar-refractivity contribution in [1.29, 1.82) is 0 Å². The number of nitrogens with one attached hydrogen (secondary N) is 4. The molecule has 0 fully saturated rings. The van der Waals surface area contributed by atoms with Gasteiger partial charge in [-0.15, -0.1) is 0 Å². The molecule has 0 bridgehead atoms. The van der Waals surface area contributed by atoms with E-state index in [2.05, 4.69) is 55.0 Å². The number of carbonyl (C=O) groups excluding carboxylic acids is 3. The standard InChI is InChI=1S/C25H44N6O3S2/c1-17(2)19-13-20(18(3)4)15-21(14-19)24(33)30-9-11-35-36-12-10-31-25(34)22(27)16-23(32)29-8-7-28-6-5-26/h13-15,17-18,22,28H,5-12,16,26-27H2,1-4H3,(H,29,32)(H,30,33)(H,31,34)/t22-/m0/s1. The topological polar surface area (TPSA) is 151 Å². The predicted octanol–water partition coefficient (Wildman–Crippen LogP) is 1.54. The van der Waals surface area contributed by atoms with Crippen molar-refractivity contribution >= 4 is 39.3 Å². The Kier molecular flexibility index (Phi) is 16.5.